The first-order chi connectivity index (χ1) is 8.58. The van der Waals surface area contributed by atoms with E-state index in [0.29, 0.717) is 6.04 Å². The first-order valence-corrected chi connectivity index (χ1v) is 6.77. The number of likely N-dealkylation sites (N-methyl/N-ethyl adjacent to an activating group) is 1. The Labute approximate surface area is 111 Å². The molecular weight excluding hydrogens is 222 g/mol. The quantitative estimate of drug-likeness (QED) is 0.876. The minimum absolute atomic E-state index is 0.563. The Balaban J connectivity index is 2.13. The summed E-state index contributed by atoms with van der Waals surface area (Å²) < 4.78 is 0. The molecule has 0 aromatic heterocycles. The van der Waals surface area contributed by atoms with Crippen LogP contribution in [0.25, 0.3) is 0 Å². The van der Waals surface area contributed by atoms with E-state index >= 15 is 0 Å². The van der Waals surface area contributed by atoms with Crippen LogP contribution in [0.3, 0.4) is 0 Å². The van der Waals surface area contributed by atoms with Gasteiger partial charge in [0.2, 0.25) is 0 Å². The summed E-state index contributed by atoms with van der Waals surface area (Å²) in [4.78, 5) is 4.79. The van der Waals surface area contributed by atoms with Crippen molar-refractivity contribution in [3.63, 3.8) is 0 Å². The highest BCUT2D eigenvalue weighted by atomic mass is 15.2. The number of hydrogen-bond donors (Lipinski definition) is 1. The summed E-state index contributed by atoms with van der Waals surface area (Å²) in [6, 6.07) is 7.14. The van der Waals surface area contributed by atoms with E-state index in [4.69, 9.17) is 0 Å². The van der Waals surface area contributed by atoms with Gasteiger partial charge in [-0.2, -0.15) is 0 Å². The molecule has 0 spiro atoms. The minimum Gasteiger partial charge on any atom is -0.368 e. The van der Waals surface area contributed by atoms with E-state index in [2.05, 4.69) is 61.3 Å². The molecule has 1 aromatic rings. The van der Waals surface area contributed by atoms with E-state index in [1.165, 1.54) is 16.8 Å². The summed E-state index contributed by atoms with van der Waals surface area (Å²) in [5.74, 6) is 0. The van der Waals surface area contributed by atoms with Gasteiger partial charge < -0.3 is 15.1 Å². The van der Waals surface area contributed by atoms with Gasteiger partial charge in [-0.25, -0.2) is 0 Å². The molecule has 3 nitrogen and oxygen atoms in total. The smallest absolute Gasteiger partial charge is 0.0426 e. The van der Waals surface area contributed by atoms with Crippen LogP contribution < -0.4 is 10.2 Å². The van der Waals surface area contributed by atoms with E-state index in [9.17, 15) is 0 Å². The van der Waals surface area contributed by atoms with Crippen molar-refractivity contribution >= 4 is 5.69 Å². The van der Waals surface area contributed by atoms with Crippen LogP contribution in [0.4, 0.5) is 5.69 Å². The summed E-state index contributed by atoms with van der Waals surface area (Å²) in [6.07, 6.45) is 0. The number of nitrogens with one attached hydrogen (secondary N) is 1. The topological polar surface area (TPSA) is 18.5 Å². The molecule has 1 aromatic carbocycles. The van der Waals surface area contributed by atoms with Crippen molar-refractivity contribution in [2.24, 2.45) is 0 Å². The molecule has 1 atom stereocenters. The lowest BCUT2D eigenvalue weighted by molar-refractivity contribution is 0.323. The predicted octanol–water partition coefficient (Wildman–Crippen LogP) is 1.64. The first-order valence-electron chi connectivity index (χ1n) is 6.77. The van der Waals surface area contributed by atoms with Gasteiger partial charge in [0, 0.05) is 37.9 Å². The molecule has 1 heterocycles. The van der Waals surface area contributed by atoms with Crippen molar-refractivity contribution in [2.75, 3.05) is 45.2 Å². The number of anilines is 1. The van der Waals surface area contributed by atoms with Gasteiger partial charge in [0.1, 0.15) is 0 Å². The summed E-state index contributed by atoms with van der Waals surface area (Å²) in [7, 11) is 4.28. The number of piperazine rings is 1. The molecule has 18 heavy (non-hydrogen) atoms. The van der Waals surface area contributed by atoms with E-state index in [-0.39, 0.29) is 0 Å². The lowest BCUT2D eigenvalue weighted by Gasteiger charge is -2.38. The second kappa shape index (κ2) is 5.72. The molecule has 1 aliphatic heterocycles. The number of nitrogens with zero attached hydrogens (tertiary/aromatic N) is 2. The SMILES string of the molecule is Cc1cccc(C)c1N1CCNC(CN(C)C)C1. The van der Waals surface area contributed by atoms with E-state index in [1.807, 2.05) is 0 Å². The number of rotatable bonds is 3. The highest BCUT2D eigenvalue weighted by Crippen LogP contribution is 2.25. The Hall–Kier alpha value is -1.06. The van der Waals surface area contributed by atoms with Crippen LogP contribution in [-0.4, -0.2) is 51.2 Å². The Kier molecular flexibility index (Phi) is 4.25. The molecule has 1 aliphatic rings. The van der Waals surface area contributed by atoms with Crippen LogP contribution >= 0.6 is 0 Å². The molecule has 1 fully saturated rings. The van der Waals surface area contributed by atoms with Crippen LogP contribution in [0.5, 0.6) is 0 Å². The number of hydrogen-bond acceptors (Lipinski definition) is 3. The van der Waals surface area contributed by atoms with Gasteiger partial charge in [0.15, 0.2) is 0 Å². The predicted molar refractivity (Wildman–Crippen MR) is 78.5 cm³/mol. The van der Waals surface area contributed by atoms with Gasteiger partial charge in [-0.05, 0) is 39.1 Å². The Morgan fingerprint density at radius 1 is 1.28 bits per heavy atom. The number of benzene rings is 1. The highest BCUT2D eigenvalue weighted by Gasteiger charge is 2.21. The van der Waals surface area contributed by atoms with Crippen molar-refractivity contribution in [2.45, 2.75) is 19.9 Å². The lowest BCUT2D eigenvalue weighted by Crippen LogP contribution is -2.54. The third kappa shape index (κ3) is 3.03. The van der Waals surface area contributed by atoms with Gasteiger partial charge in [-0.15, -0.1) is 0 Å². The van der Waals surface area contributed by atoms with Crippen molar-refractivity contribution in [1.29, 1.82) is 0 Å². The van der Waals surface area contributed by atoms with E-state index in [1.54, 1.807) is 0 Å². The van der Waals surface area contributed by atoms with Crippen LogP contribution in [0, 0.1) is 13.8 Å². The van der Waals surface area contributed by atoms with Gasteiger partial charge >= 0.3 is 0 Å². The average molecular weight is 247 g/mol. The van der Waals surface area contributed by atoms with Crippen LogP contribution in [0.2, 0.25) is 0 Å². The standard InChI is InChI=1S/C15H25N3/c1-12-6-5-7-13(2)15(12)18-9-8-16-14(11-18)10-17(3)4/h5-7,14,16H,8-11H2,1-4H3. The van der Waals surface area contributed by atoms with Crippen molar-refractivity contribution in [3.8, 4) is 0 Å². The fraction of sp³-hybridized carbons (Fsp3) is 0.600. The van der Waals surface area contributed by atoms with Crippen molar-refractivity contribution in [1.82, 2.24) is 10.2 Å². The minimum atomic E-state index is 0.563. The maximum Gasteiger partial charge on any atom is 0.0426 e. The largest absolute Gasteiger partial charge is 0.368 e. The molecule has 0 bridgehead atoms. The molecule has 0 radical (unpaired) electrons. The number of para-hydroxylation sites is 1. The monoisotopic (exact) mass is 247 g/mol. The zero-order valence-electron chi connectivity index (χ0n) is 12.0. The van der Waals surface area contributed by atoms with Crippen LogP contribution in [0.1, 0.15) is 11.1 Å². The molecule has 0 amide bonds. The summed E-state index contributed by atoms with van der Waals surface area (Å²) in [6.45, 7) is 8.81. The van der Waals surface area contributed by atoms with E-state index < -0.39 is 0 Å². The van der Waals surface area contributed by atoms with Gasteiger partial charge in [0.05, 0.1) is 0 Å². The molecule has 2 rings (SSSR count). The molecule has 1 saturated heterocycles. The molecule has 1 N–H and O–H groups in total. The van der Waals surface area contributed by atoms with Crippen LogP contribution in [0.15, 0.2) is 18.2 Å². The normalized spacial score (nSPS) is 20.5. The highest BCUT2D eigenvalue weighted by molar-refractivity contribution is 5.59. The van der Waals surface area contributed by atoms with E-state index in [0.717, 1.165) is 26.2 Å². The molecular formula is C15H25N3. The zero-order valence-corrected chi connectivity index (χ0v) is 12.0. The summed E-state index contributed by atoms with van der Waals surface area (Å²) in [5.41, 5.74) is 4.21. The zero-order chi connectivity index (χ0) is 13.1. The van der Waals surface area contributed by atoms with Gasteiger partial charge in [-0.1, -0.05) is 18.2 Å². The second-order valence-electron chi connectivity index (χ2n) is 5.60. The lowest BCUT2D eigenvalue weighted by atomic mass is 10.1. The summed E-state index contributed by atoms with van der Waals surface area (Å²) >= 11 is 0. The molecule has 3 heteroatoms. The molecule has 0 saturated carbocycles. The Morgan fingerprint density at radius 3 is 2.56 bits per heavy atom. The van der Waals surface area contributed by atoms with Crippen molar-refractivity contribution in [3.05, 3.63) is 29.3 Å². The molecule has 1 unspecified atom stereocenters. The fourth-order valence-corrected chi connectivity index (χ4v) is 2.90. The molecule has 100 valence electrons. The summed E-state index contributed by atoms with van der Waals surface area (Å²) in [5, 5.41) is 3.61. The fourth-order valence-electron chi connectivity index (χ4n) is 2.90. The number of aryl methyl sites for hydroxylation is 2. The Morgan fingerprint density at radius 2 is 1.94 bits per heavy atom. The third-order valence-electron chi connectivity index (χ3n) is 3.60. The maximum absolute atomic E-state index is 3.61. The first kappa shape index (κ1) is 13.4. The third-order valence-corrected chi connectivity index (χ3v) is 3.60. The van der Waals surface area contributed by atoms with Gasteiger partial charge in [-0.3, -0.25) is 0 Å². The maximum atomic E-state index is 3.61. The van der Waals surface area contributed by atoms with Gasteiger partial charge in [0.25, 0.3) is 0 Å². The molecule has 0 aliphatic carbocycles. The average Bonchev–Trinajstić information content (AvgIpc) is 2.28. The van der Waals surface area contributed by atoms with Crippen LogP contribution in [-0.2, 0) is 0 Å². The van der Waals surface area contributed by atoms with Crippen molar-refractivity contribution < 1.29 is 0 Å². The Bertz CT molecular complexity index is 380. The second-order valence-corrected chi connectivity index (χ2v) is 5.60.